The van der Waals surface area contributed by atoms with Crippen LogP contribution in [0.4, 0.5) is 11.6 Å². The molecule has 1 aliphatic heterocycles. The molecule has 0 aromatic carbocycles. The van der Waals surface area contributed by atoms with Crippen molar-refractivity contribution < 1.29 is 4.74 Å². The quantitative estimate of drug-likeness (QED) is 0.860. The smallest absolute Gasteiger partial charge is 0.136 e. The fraction of sp³-hybridized carbons (Fsp3) is 0.692. The van der Waals surface area contributed by atoms with Crippen LogP contribution in [0.5, 0.6) is 0 Å². The molecule has 2 N–H and O–H groups in total. The number of rotatable bonds is 2. The standard InChI is InChI=1S/C13H20N4O/c1-13(2)8-18-6-5-17(13)11-7-10(14)15-12(16-11)9-3-4-9/h7,9H,3-6,8H2,1-2H3,(H2,14,15,16). The van der Waals surface area contributed by atoms with E-state index in [9.17, 15) is 0 Å². The van der Waals surface area contributed by atoms with Gasteiger partial charge in [0.2, 0.25) is 0 Å². The van der Waals surface area contributed by atoms with Crippen LogP contribution in [0.3, 0.4) is 0 Å². The van der Waals surface area contributed by atoms with E-state index in [0.717, 1.165) is 31.4 Å². The molecule has 3 rings (SSSR count). The third-order valence-corrected chi connectivity index (χ3v) is 3.61. The Morgan fingerprint density at radius 1 is 1.39 bits per heavy atom. The molecule has 0 amide bonds. The van der Waals surface area contributed by atoms with E-state index in [2.05, 4.69) is 23.7 Å². The molecule has 0 bridgehead atoms. The van der Waals surface area contributed by atoms with Gasteiger partial charge in [-0.2, -0.15) is 0 Å². The maximum absolute atomic E-state index is 5.91. The van der Waals surface area contributed by atoms with Crippen molar-refractivity contribution in [2.75, 3.05) is 30.4 Å². The van der Waals surface area contributed by atoms with Gasteiger partial charge in [0.1, 0.15) is 17.5 Å². The molecule has 98 valence electrons. The number of aromatic nitrogens is 2. The van der Waals surface area contributed by atoms with Gasteiger partial charge in [0.15, 0.2) is 0 Å². The van der Waals surface area contributed by atoms with Crippen molar-refractivity contribution >= 4 is 11.6 Å². The van der Waals surface area contributed by atoms with E-state index < -0.39 is 0 Å². The summed E-state index contributed by atoms with van der Waals surface area (Å²) in [5.74, 6) is 2.95. The van der Waals surface area contributed by atoms with Gasteiger partial charge in [0.05, 0.1) is 18.8 Å². The first-order valence-corrected chi connectivity index (χ1v) is 6.56. The summed E-state index contributed by atoms with van der Waals surface area (Å²) in [5.41, 5.74) is 5.87. The van der Waals surface area contributed by atoms with Gasteiger partial charge in [-0.05, 0) is 26.7 Å². The van der Waals surface area contributed by atoms with E-state index in [4.69, 9.17) is 15.5 Å². The number of nitrogens with zero attached hydrogens (tertiary/aromatic N) is 3. The largest absolute Gasteiger partial charge is 0.384 e. The Morgan fingerprint density at radius 3 is 2.83 bits per heavy atom. The minimum Gasteiger partial charge on any atom is -0.384 e. The lowest BCUT2D eigenvalue weighted by Crippen LogP contribution is -2.53. The lowest BCUT2D eigenvalue weighted by molar-refractivity contribution is 0.0639. The van der Waals surface area contributed by atoms with Crippen LogP contribution in [0.15, 0.2) is 6.07 Å². The number of hydrogen-bond donors (Lipinski definition) is 1. The van der Waals surface area contributed by atoms with Crippen LogP contribution in [-0.4, -0.2) is 35.3 Å². The van der Waals surface area contributed by atoms with Crippen LogP contribution < -0.4 is 10.6 Å². The van der Waals surface area contributed by atoms with Gasteiger partial charge >= 0.3 is 0 Å². The van der Waals surface area contributed by atoms with Gasteiger partial charge in [-0.15, -0.1) is 0 Å². The summed E-state index contributed by atoms with van der Waals surface area (Å²) in [6, 6.07) is 1.87. The second-order valence-corrected chi connectivity index (χ2v) is 5.80. The first kappa shape index (κ1) is 11.7. The molecule has 5 heteroatoms. The molecule has 2 fully saturated rings. The van der Waals surface area contributed by atoms with Crippen molar-refractivity contribution in [1.82, 2.24) is 9.97 Å². The normalized spacial score (nSPS) is 23.1. The van der Waals surface area contributed by atoms with Crippen molar-refractivity contribution in [1.29, 1.82) is 0 Å². The Labute approximate surface area is 107 Å². The fourth-order valence-corrected chi connectivity index (χ4v) is 2.42. The third kappa shape index (κ3) is 2.14. The van der Waals surface area contributed by atoms with E-state index in [0.29, 0.717) is 11.7 Å². The van der Waals surface area contributed by atoms with Crippen LogP contribution >= 0.6 is 0 Å². The summed E-state index contributed by atoms with van der Waals surface area (Å²) in [6.45, 7) is 6.65. The summed E-state index contributed by atoms with van der Waals surface area (Å²) in [6.07, 6.45) is 2.38. The van der Waals surface area contributed by atoms with Crippen molar-refractivity contribution in [3.8, 4) is 0 Å². The predicted octanol–water partition coefficient (Wildman–Crippen LogP) is 1.55. The molecule has 0 spiro atoms. The summed E-state index contributed by atoms with van der Waals surface area (Å²) in [7, 11) is 0. The molecule has 1 aromatic rings. The number of nitrogen functional groups attached to an aromatic ring is 1. The highest BCUT2D eigenvalue weighted by Crippen LogP contribution is 2.39. The van der Waals surface area contributed by atoms with E-state index in [1.54, 1.807) is 0 Å². The zero-order chi connectivity index (χ0) is 12.8. The highest BCUT2D eigenvalue weighted by atomic mass is 16.5. The van der Waals surface area contributed by atoms with Gasteiger partial charge in [0.25, 0.3) is 0 Å². The van der Waals surface area contributed by atoms with E-state index in [1.807, 2.05) is 6.07 Å². The van der Waals surface area contributed by atoms with E-state index >= 15 is 0 Å². The molecule has 2 heterocycles. The lowest BCUT2D eigenvalue weighted by Gasteiger charge is -2.43. The Hall–Kier alpha value is -1.36. The predicted molar refractivity (Wildman–Crippen MR) is 70.7 cm³/mol. The van der Waals surface area contributed by atoms with E-state index in [-0.39, 0.29) is 5.54 Å². The highest BCUT2D eigenvalue weighted by Gasteiger charge is 2.33. The summed E-state index contributed by atoms with van der Waals surface area (Å²) in [5, 5.41) is 0. The maximum Gasteiger partial charge on any atom is 0.136 e. The summed E-state index contributed by atoms with van der Waals surface area (Å²) >= 11 is 0. The number of hydrogen-bond acceptors (Lipinski definition) is 5. The maximum atomic E-state index is 5.91. The molecule has 18 heavy (non-hydrogen) atoms. The molecule has 0 unspecified atom stereocenters. The van der Waals surface area contributed by atoms with Gasteiger partial charge in [0, 0.05) is 18.5 Å². The third-order valence-electron chi connectivity index (χ3n) is 3.61. The van der Waals surface area contributed by atoms with Crippen molar-refractivity contribution in [3.05, 3.63) is 11.9 Å². The van der Waals surface area contributed by atoms with Crippen LogP contribution in [-0.2, 0) is 4.74 Å². The average Bonchev–Trinajstić information content (AvgIpc) is 3.11. The number of anilines is 2. The Bertz CT molecular complexity index is 456. The Balaban J connectivity index is 1.94. The SMILES string of the molecule is CC1(C)COCCN1c1cc(N)nc(C2CC2)n1. The zero-order valence-corrected chi connectivity index (χ0v) is 11.0. The molecule has 2 aliphatic rings. The summed E-state index contributed by atoms with van der Waals surface area (Å²) in [4.78, 5) is 11.3. The molecule has 1 saturated heterocycles. The molecule has 0 atom stereocenters. The first-order chi connectivity index (χ1) is 8.56. The van der Waals surface area contributed by atoms with Crippen molar-refractivity contribution in [2.45, 2.75) is 38.1 Å². The van der Waals surface area contributed by atoms with Crippen LogP contribution in [0.25, 0.3) is 0 Å². The van der Waals surface area contributed by atoms with Gasteiger partial charge < -0.3 is 15.4 Å². The minimum absolute atomic E-state index is 0.0418. The number of morpholine rings is 1. The first-order valence-electron chi connectivity index (χ1n) is 6.56. The molecular weight excluding hydrogens is 228 g/mol. The van der Waals surface area contributed by atoms with Crippen molar-refractivity contribution in [2.24, 2.45) is 0 Å². The van der Waals surface area contributed by atoms with Gasteiger partial charge in [-0.1, -0.05) is 0 Å². The monoisotopic (exact) mass is 248 g/mol. The molecule has 5 nitrogen and oxygen atoms in total. The summed E-state index contributed by atoms with van der Waals surface area (Å²) < 4.78 is 5.54. The van der Waals surface area contributed by atoms with Gasteiger partial charge in [-0.3, -0.25) is 0 Å². The van der Waals surface area contributed by atoms with E-state index in [1.165, 1.54) is 12.8 Å². The fourth-order valence-electron chi connectivity index (χ4n) is 2.42. The molecule has 1 aliphatic carbocycles. The second-order valence-electron chi connectivity index (χ2n) is 5.80. The lowest BCUT2D eigenvalue weighted by atomic mass is 10.0. The highest BCUT2D eigenvalue weighted by molar-refractivity contribution is 5.50. The number of ether oxygens (including phenoxy) is 1. The van der Waals surface area contributed by atoms with Gasteiger partial charge in [-0.25, -0.2) is 9.97 Å². The topological polar surface area (TPSA) is 64.3 Å². The molecule has 0 radical (unpaired) electrons. The van der Waals surface area contributed by atoms with Crippen LogP contribution in [0.2, 0.25) is 0 Å². The zero-order valence-electron chi connectivity index (χ0n) is 11.0. The Morgan fingerprint density at radius 2 is 2.17 bits per heavy atom. The minimum atomic E-state index is -0.0418. The Kier molecular flexibility index (Phi) is 2.66. The molecular formula is C13H20N4O. The molecule has 1 aromatic heterocycles. The van der Waals surface area contributed by atoms with Crippen LogP contribution in [0, 0.1) is 0 Å². The second kappa shape index (κ2) is 4.09. The molecule has 1 saturated carbocycles. The number of nitrogens with two attached hydrogens (primary N) is 1. The van der Waals surface area contributed by atoms with Crippen molar-refractivity contribution in [3.63, 3.8) is 0 Å². The van der Waals surface area contributed by atoms with Crippen LogP contribution in [0.1, 0.15) is 38.4 Å². The average molecular weight is 248 g/mol.